The van der Waals surface area contributed by atoms with E-state index >= 15 is 0 Å². The van der Waals surface area contributed by atoms with Crippen LogP contribution in [0.3, 0.4) is 0 Å². The van der Waals surface area contributed by atoms with Crippen molar-refractivity contribution in [3.63, 3.8) is 0 Å². The van der Waals surface area contributed by atoms with Crippen molar-refractivity contribution >= 4 is 92.0 Å². The largest absolute Gasteiger partial charge is 0.399 e. The van der Waals surface area contributed by atoms with Gasteiger partial charge in [0, 0.05) is 89.5 Å². The molecule has 21 heteroatoms. The van der Waals surface area contributed by atoms with Gasteiger partial charge in [-0.25, -0.2) is 0 Å². The number of nitrogens with zero attached hydrogens (tertiary/aromatic N) is 4. The summed E-state index contributed by atoms with van der Waals surface area (Å²) in [5, 5.41) is 5.28. The third-order valence-electron chi connectivity index (χ3n) is 13.1. The summed E-state index contributed by atoms with van der Waals surface area (Å²) in [5.74, 6) is 3.66. The van der Waals surface area contributed by atoms with Crippen molar-refractivity contribution in [1.29, 1.82) is 0 Å². The van der Waals surface area contributed by atoms with E-state index < -0.39 is 66.0 Å². The molecule has 4 aliphatic rings. The molecule has 3 saturated heterocycles. The molecule has 70 heavy (non-hydrogen) atoms. The Balaban J connectivity index is 0.897. The van der Waals surface area contributed by atoms with Crippen molar-refractivity contribution in [2.24, 2.45) is 11.3 Å². The molecule has 0 radical (unpaired) electrons. The zero-order chi connectivity index (χ0) is 50.4. The highest BCUT2D eigenvalue weighted by Crippen LogP contribution is 2.59. The minimum atomic E-state index is -5.83. The van der Waals surface area contributed by atoms with Crippen LogP contribution in [-0.4, -0.2) is 110 Å². The number of anilines is 1. The molecule has 0 bridgehead atoms. The SMILES string of the molecule is CC(C)(C)C(NC(=O)c1cc2cc(C(F)(F)P(=O)(O)O)ccc2s1)C(=O)N1CCCC1C(=O)N(CCC(=O)N1CC(CC#Cc2cccc3c2CN(C2CCC(=O)NC2=O)C3=O)C1)c1ccc(Br)cc1. The third kappa shape index (κ3) is 10.3. The highest BCUT2D eigenvalue weighted by atomic mass is 79.9. The summed E-state index contributed by atoms with van der Waals surface area (Å²) in [6, 6.07) is 13.9. The number of fused-ring (bicyclic) bond motifs is 2. The fourth-order valence-corrected chi connectivity index (χ4v) is 10.9. The number of hydrogen-bond acceptors (Lipinski definition) is 9. The fraction of sp³-hybridized carbons (Fsp3) is 0.408. The molecule has 7 amide bonds. The Hall–Kier alpha value is -5.84. The number of amides is 7. The maximum absolute atomic E-state index is 14.6. The molecule has 3 unspecified atom stereocenters. The molecule has 0 saturated carbocycles. The number of alkyl halides is 2. The number of thiophene rings is 1. The highest BCUT2D eigenvalue weighted by Gasteiger charge is 2.50. The van der Waals surface area contributed by atoms with Gasteiger partial charge in [-0.15, -0.1) is 11.3 Å². The van der Waals surface area contributed by atoms with E-state index in [9.17, 15) is 56.7 Å². The number of halogens is 3. The van der Waals surface area contributed by atoms with Gasteiger partial charge in [0.05, 0.1) is 4.88 Å². The van der Waals surface area contributed by atoms with Crippen LogP contribution in [0.15, 0.2) is 71.2 Å². The van der Waals surface area contributed by atoms with Gasteiger partial charge in [-0.2, -0.15) is 8.78 Å². The molecule has 0 spiro atoms. The summed E-state index contributed by atoms with van der Waals surface area (Å²) in [7, 11) is -5.83. The van der Waals surface area contributed by atoms with Crippen LogP contribution >= 0.6 is 34.9 Å². The zero-order valence-electron chi connectivity index (χ0n) is 38.4. The molecule has 3 aromatic carbocycles. The quantitative estimate of drug-likeness (QED) is 0.0726. The Morgan fingerprint density at radius 3 is 2.43 bits per heavy atom. The van der Waals surface area contributed by atoms with Gasteiger partial charge in [0.1, 0.15) is 18.1 Å². The van der Waals surface area contributed by atoms with Gasteiger partial charge in [-0.05, 0) is 90.2 Å². The summed E-state index contributed by atoms with van der Waals surface area (Å²) in [4.78, 5) is 119. The number of imide groups is 1. The van der Waals surface area contributed by atoms with E-state index in [0.717, 1.165) is 33.5 Å². The van der Waals surface area contributed by atoms with Gasteiger partial charge in [0.2, 0.25) is 29.5 Å². The number of carbonyl (C=O) groups excluding carboxylic acids is 7. The van der Waals surface area contributed by atoms with Crippen LogP contribution in [-0.2, 0) is 40.7 Å². The van der Waals surface area contributed by atoms with Gasteiger partial charge in [-0.3, -0.25) is 43.4 Å². The van der Waals surface area contributed by atoms with Crippen molar-refractivity contribution < 1.29 is 56.7 Å². The number of carbonyl (C=O) groups is 7. The number of hydrogen-bond donors (Lipinski definition) is 4. The predicted molar refractivity (Wildman–Crippen MR) is 258 cm³/mol. The molecule has 16 nitrogen and oxygen atoms in total. The molecule has 4 aliphatic heterocycles. The minimum Gasteiger partial charge on any atom is -0.342 e. The smallest absolute Gasteiger partial charge is 0.342 e. The second kappa shape index (κ2) is 19.7. The summed E-state index contributed by atoms with van der Waals surface area (Å²) < 4.78 is 41.7. The molecule has 5 heterocycles. The fourth-order valence-electron chi connectivity index (χ4n) is 9.24. The average molecular weight is 1060 g/mol. The van der Waals surface area contributed by atoms with Crippen molar-refractivity contribution in [3.8, 4) is 11.8 Å². The first kappa shape index (κ1) is 50.5. The van der Waals surface area contributed by atoms with Crippen LogP contribution in [0.2, 0.25) is 0 Å². The number of piperidine rings is 1. The lowest BCUT2D eigenvalue weighted by atomic mass is 9.85. The molecular weight excluding hydrogens is 1010 g/mol. The summed E-state index contributed by atoms with van der Waals surface area (Å²) in [6.07, 6.45) is 1.76. The lowest BCUT2D eigenvalue weighted by Crippen LogP contribution is -2.58. The van der Waals surface area contributed by atoms with E-state index in [-0.39, 0.29) is 72.8 Å². The Morgan fingerprint density at radius 2 is 1.74 bits per heavy atom. The molecule has 368 valence electrons. The second-order valence-electron chi connectivity index (χ2n) is 19.0. The van der Waals surface area contributed by atoms with Gasteiger partial charge < -0.3 is 34.7 Å². The molecule has 1 aromatic heterocycles. The first-order valence-corrected chi connectivity index (χ1v) is 25.9. The summed E-state index contributed by atoms with van der Waals surface area (Å²) in [6.45, 7) is 6.68. The highest BCUT2D eigenvalue weighted by molar-refractivity contribution is 9.10. The Kier molecular flexibility index (Phi) is 14.3. The van der Waals surface area contributed by atoms with Gasteiger partial charge in [0.25, 0.3) is 11.8 Å². The van der Waals surface area contributed by atoms with Crippen LogP contribution in [0.5, 0.6) is 0 Å². The van der Waals surface area contributed by atoms with E-state index in [1.54, 1.807) is 62.1 Å². The monoisotopic (exact) mass is 1060 g/mol. The molecule has 3 fully saturated rings. The standard InChI is InChI=1S/C49H50BrF2N6O10PS/c1-48(2,3)42(54-44(62)39-24-30-23-31(12-18-38(30)70-39)49(51,52)69(66,67)68)47(65)57-21-6-11-37(57)46(64)56(33-15-13-32(50)14-16-33)22-20-41(60)55-25-28(26-55)7-4-8-29-9-5-10-34-35(29)27-58(45(34)63)36-17-19-40(59)53-43(36)61/h5,9-10,12-16,18,23-24,28,36-37,42H,6-7,11,17,19-22,25-27H2,1-3H3,(H,54,62)(H,53,59,61)(H2,66,67,68). The summed E-state index contributed by atoms with van der Waals surface area (Å²) in [5.41, 5.74) is -3.79. The second-order valence-corrected chi connectivity index (χ2v) is 22.7. The van der Waals surface area contributed by atoms with Crippen LogP contribution in [0.4, 0.5) is 14.5 Å². The van der Waals surface area contributed by atoms with E-state index in [4.69, 9.17) is 0 Å². The number of rotatable bonds is 12. The van der Waals surface area contributed by atoms with E-state index in [2.05, 4.69) is 38.4 Å². The van der Waals surface area contributed by atoms with E-state index in [1.165, 1.54) is 26.8 Å². The van der Waals surface area contributed by atoms with E-state index in [1.807, 2.05) is 6.07 Å². The van der Waals surface area contributed by atoms with Gasteiger partial charge in [-0.1, -0.05) is 60.7 Å². The molecular formula is C49H50BrF2N6O10PS. The molecule has 0 aliphatic carbocycles. The van der Waals surface area contributed by atoms with Crippen molar-refractivity contribution in [2.45, 2.75) is 89.6 Å². The van der Waals surface area contributed by atoms with Crippen molar-refractivity contribution in [2.75, 3.05) is 31.1 Å². The topological polar surface area (TPSA) is 214 Å². The number of nitrogens with one attached hydrogen (secondary N) is 2. The van der Waals surface area contributed by atoms with E-state index in [0.29, 0.717) is 53.9 Å². The maximum atomic E-state index is 14.6. The van der Waals surface area contributed by atoms with Gasteiger partial charge in [0.15, 0.2) is 0 Å². The molecule has 4 N–H and O–H groups in total. The van der Waals surface area contributed by atoms with Crippen LogP contribution in [0.25, 0.3) is 10.1 Å². The average Bonchev–Trinajstić information content (AvgIpc) is 4.04. The molecule has 3 atom stereocenters. The normalized spacial score (nSPS) is 19.0. The summed E-state index contributed by atoms with van der Waals surface area (Å²) >= 11 is 4.40. The lowest BCUT2D eigenvalue weighted by molar-refractivity contribution is -0.141. The first-order valence-electron chi connectivity index (χ1n) is 22.7. The number of benzene rings is 3. The Morgan fingerprint density at radius 1 is 1.01 bits per heavy atom. The third-order valence-corrected chi connectivity index (χ3v) is 15.8. The molecule has 4 aromatic rings. The van der Waals surface area contributed by atoms with Crippen LogP contribution < -0.4 is 15.5 Å². The number of likely N-dealkylation sites (tertiary alicyclic amines) is 2. The van der Waals surface area contributed by atoms with Gasteiger partial charge >= 0.3 is 13.3 Å². The first-order chi connectivity index (χ1) is 33.0. The lowest BCUT2D eigenvalue weighted by Gasteiger charge is -2.39. The Bertz CT molecular complexity index is 2920. The predicted octanol–water partition coefficient (Wildman–Crippen LogP) is 6.11. The van der Waals surface area contributed by atoms with Crippen LogP contribution in [0.1, 0.15) is 96.0 Å². The van der Waals surface area contributed by atoms with Crippen LogP contribution in [0, 0.1) is 23.2 Å². The van der Waals surface area contributed by atoms with Crippen molar-refractivity contribution in [1.82, 2.24) is 25.3 Å². The van der Waals surface area contributed by atoms with Crippen molar-refractivity contribution in [3.05, 3.63) is 98.3 Å². The minimum absolute atomic E-state index is 0.00299. The zero-order valence-corrected chi connectivity index (χ0v) is 41.7. The Labute approximate surface area is 414 Å². The maximum Gasteiger partial charge on any atom is 0.399 e. The molecule has 8 rings (SSSR count).